The molecular formula is C18H24F2N4S. The van der Waals surface area contributed by atoms with Crippen molar-refractivity contribution in [3.63, 3.8) is 0 Å². The van der Waals surface area contributed by atoms with Crippen LogP contribution in [0.2, 0.25) is 0 Å². The van der Waals surface area contributed by atoms with Crippen molar-refractivity contribution in [1.82, 2.24) is 15.6 Å². The van der Waals surface area contributed by atoms with Crippen LogP contribution in [0, 0.1) is 11.6 Å². The van der Waals surface area contributed by atoms with E-state index in [1.165, 1.54) is 17.0 Å². The van der Waals surface area contributed by atoms with E-state index >= 15 is 0 Å². The molecule has 0 aliphatic heterocycles. The molecule has 2 N–H and O–H groups in total. The van der Waals surface area contributed by atoms with Crippen LogP contribution < -0.4 is 10.6 Å². The molecule has 4 nitrogen and oxygen atoms in total. The number of aryl methyl sites for hydroxylation is 1. The van der Waals surface area contributed by atoms with Crippen LogP contribution in [0.25, 0.3) is 0 Å². The predicted octanol–water partition coefficient (Wildman–Crippen LogP) is 3.84. The standard InChI is InChI=1S/C18H24F2N4S/c1-4-14-11-23-17(25-14)8-9-22-18(21-5-2)24-12(3)15-7-6-13(19)10-16(15)20/h6-7,10-12H,4-5,8-9H2,1-3H3,(H2,21,22,24). The third kappa shape index (κ3) is 5.77. The lowest BCUT2D eigenvalue weighted by atomic mass is 10.1. The molecule has 0 saturated carbocycles. The van der Waals surface area contributed by atoms with Gasteiger partial charge in [-0.2, -0.15) is 0 Å². The number of hydrogen-bond donors (Lipinski definition) is 2. The second-order valence-electron chi connectivity index (χ2n) is 5.62. The zero-order valence-electron chi connectivity index (χ0n) is 14.8. The Morgan fingerprint density at radius 2 is 2.12 bits per heavy atom. The summed E-state index contributed by atoms with van der Waals surface area (Å²) in [7, 11) is 0. The molecule has 25 heavy (non-hydrogen) atoms. The van der Waals surface area contributed by atoms with Gasteiger partial charge in [0.05, 0.1) is 11.0 Å². The summed E-state index contributed by atoms with van der Waals surface area (Å²) in [6, 6.07) is 3.28. The summed E-state index contributed by atoms with van der Waals surface area (Å²) < 4.78 is 26.9. The monoisotopic (exact) mass is 366 g/mol. The van der Waals surface area contributed by atoms with E-state index in [9.17, 15) is 8.78 Å². The first-order chi connectivity index (χ1) is 12.0. The molecule has 1 aromatic heterocycles. The summed E-state index contributed by atoms with van der Waals surface area (Å²) in [4.78, 5) is 10.2. The number of rotatable bonds is 7. The Morgan fingerprint density at radius 3 is 2.76 bits per heavy atom. The minimum atomic E-state index is -0.580. The van der Waals surface area contributed by atoms with Crippen molar-refractivity contribution in [2.24, 2.45) is 4.99 Å². The summed E-state index contributed by atoms with van der Waals surface area (Å²) >= 11 is 1.71. The minimum Gasteiger partial charge on any atom is -0.357 e. The maximum atomic E-state index is 13.9. The largest absolute Gasteiger partial charge is 0.357 e. The lowest BCUT2D eigenvalue weighted by Gasteiger charge is -2.18. The van der Waals surface area contributed by atoms with Crippen LogP contribution in [0.4, 0.5) is 8.78 Å². The highest BCUT2D eigenvalue weighted by molar-refractivity contribution is 7.11. The average Bonchev–Trinajstić information content (AvgIpc) is 3.02. The molecule has 0 saturated heterocycles. The number of nitrogens with one attached hydrogen (secondary N) is 2. The van der Waals surface area contributed by atoms with Gasteiger partial charge >= 0.3 is 0 Å². The molecule has 136 valence electrons. The van der Waals surface area contributed by atoms with E-state index in [0.717, 1.165) is 23.9 Å². The summed E-state index contributed by atoms with van der Waals surface area (Å²) in [5, 5.41) is 7.36. The number of aliphatic imine (C=N–C) groups is 1. The Hall–Kier alpha value is -2.02. The van der Waals surface area contributed by atoms with Gasteiger partial charge in [0.25, 0.3) is 0 Å². The molecule has 1 aromatic carbocycles. The van der Waals surface area contributed by atoms with Gasteiger partial charge in [0.2, 0.25) is 0 Å². The number of guanidine groups is 1. The number of hydrogen-bond acceptors (Lipinski definition) is 3. The zero-order valence-corrected chi connectivity index (χ0v) is 15.6. The van der Waals surface area contributed by atoms with Crippen molar-refractivity contribution >= 4 is 17.3 Å². The molecule has 0 bridgehead atoms. The molecule has 0 aliphatic rings. The minimum absolute atomic E-state index is 0.329. The van der Waals surface area contributed by atoms with Gasteiger partial charge in [0.1, 0.15) is 11.6 Å². The van der Waals surface area contributed by atoms with E-state index in [2.05, 4.69) is 27.5 Å². The smallest absolute Gasteiger partial charge is 0.191 e. The molecule has 0 amide bonds. The highest BCUT2D eigenvalue weighted by Gasteiger charge is 2.13. The highest BCUT2D eigenvalue weighted by atomic mass is 32.1. The Balaban J connectivity index is 1.98. The van der Waals surface area contributed by atoms with Gasteiger partial charge in [-0.25, -0.2) is 13.8 Å². The molecule has 7 heteroatoms. The molecule has 2 aromatic rings. The summed E-state index contributed by atoms with van der Waals surface area (Å²) in [5.41, 5.74) is 0.402. The number of benzene rings is 1. The lowest BCUT2D eigenvalue weighted by Crippen LogP contribution is -2.39. The van der Waals surface area contributed by atoms with Crippen LogP contribution in [0.1, 0.15) is 42.3 Å². The molecular weight excluding hydrogens is 342 g/mol. The number of thiazole rings is 1. The maximum absolute atomic E-state index is 13.9. The third-order valence-electron chi connectivity index (χ3n) is 3.67. The Bertz CT molecular complexity index is 715. The van der Waals surface area contributed by atoms with Crippen molar-refractivity contribution in [1.29, 1.82) is 0 Å². The molecule has 0 spiro atoms. The Kier molecular flexibility index (Phi) is 7.31. The van der Waals surface area contributed by atoms with E-state index in [1.54, 1.807) is 11.3 Å². The van der Waals surface area contributed by atoms with Crippen LogP contribution >= 0.6 is 11.3 Å². The van der Waals surface area contributed by atoms with Crippen molar-refractivity contribution in [2.75, 3.05) is 13.1 Å². The van der Waals surface area contributed by atoms with Crippen molar-refractivity contribution in [2.45, 2.75) is 39.7 Å². The van der Waals surface area contributed by atoms with E-state index in [0.29, 0.717) is 24.6 Å². The van der Waals surface area contributed by atoms with Gasteiger partial charge in [0, 0.05) is 42.2 Å². The van der Waals surface area contributed by atoms with E-state index in [-0.39, 0.29) is 6.04 Å². The van der Waals surface area contributed by atoms with E-state index < -0.39 is 11.6 Å². The third-order valence-corrected chi connectivity index (χ3v) is 4.87. The van der Waals surface area contributed by atoms with Crippen molar-refractivity contribution in [3.8, 4) is 0 Å². The van der Waals surface area contributed by atoms with Crippen molar-refractivity contribution in [3.05, 3.63) is 51.5 Å². The van der Waals surface area contributed by atoms with E-state index in [1.807, 2.05) is 20.0 Å². The Labute approximate surface area is 151 Å². The molecule has 1 unspecified atom stereocenters. The average molecular weight is 366 g/mol. The SMILES string of the molecule is CCNC(=NCCc1ncc(CC)s1)NC(C)c1ccc(F)cc1F. The van der Waals surface area contributed by atoms with Gasteiger partial charge in [-0.3, -0.25) is 4.99 Å². The topological polar surface area (TPSA) is 49.3 Å². The number of nitrogens with zero attached hydrogens (tertiary/aromatic N) is 2. The van der Waals surface area contributed by atoms with Gasteiger partial charge in [-0.05, 0) is 26.3 Å². The van der Waals surface area contributed by atoms with Crippen LogP contribution in [0.5, 0.6) is 0 Å². The molecule has 0 radical (unpaired) electrons. The van der Waals surface area contributed by atoms with Gasteiger partial charge in [0.15, 0.2) is 5.96 Å². The zero-order chi connectivity index (χ0) is 18.2. The highest BCUT2D eigenvalue weighted by Crippen LogP contribution is 2.17. The predicted molar refractivity (Wildman–Crippen MR) is 99.1 cm³/mol. The first kappa shape index (κ1) is 19.3. The van der Waals surface area contributed by atoms with Crippen LogP contribution in [0.15, 0.2) is 29.4 Å². The van der Waals surface area contributed by atoms with Crippen LogP contribution in [0.3, 0.4) is 0 Å². The Morgan fingerprint density at radius 1 is 1.32 bits per heavy atom. The fraction of sp³-hybridized carbons (Fsp3) is 0.444. The first-order valence-electron chi connectivity index (χ1n) is 8.46. The number of aromatic nitrogens is 1. The molecule has 2 rings (SSSR count). The van der Waals surface area contributed by atoms with Crippen molar-refractivity contribution < 1.29 is 8.78 Å². The fourth-order valence-corrected chi connectivity index (χ4v) is 3.20. The lowest BCUT2D eigenvalue weighted by molar-refractivity contribution is 0.551. The summed E-state index contributed by atoms with van der Waals surface area (Å²) in [5.74, 6) is -0.541. The van der Waals surface area contributed by atoms with E-state index in [4.69, 9.17) is 0 Å². The molecule has 0 fully saturated rings. The van der Waals surface area contributed by atoms with Crippen LogP contribution in [-0.4, -0.2) is 24.0 Å². The molecule has 1 atom stereocenters. The molecule has 0 aliphatic carbocycles. The second kappa shape index (κ2) is 9.46. The van der Waals surface area contributed by atoms with Gasteiger partial charge < -0.3 is 10.6 Å². The second-order valence-corrected chi connectivity index (χ2v) is 6.82. The summed E-state index contributed by atoms with van der Waals surface area (Å²) in [6.45, 7) is 7.18. The summed E-state index contributed by atoms with van der Waals surface area (Å²) in [6.07, 6.45) is 3.67. The fourth-order valence-electron chi connectivity index (χ4n) is 2.35. The molecule has 1 heterocycles. The van der Waals surface area contributed by atoms with Gasteiger partial charge in [-0.15, -0.1) is 11.3 Å². The van der Waals surface area contributed by atoms with Crippen LogP contribution in [-0.2, 0) is 12.8 Å². The number of halogens is 2. The quantitative estimate of drug-likeness (QED) is 0.578. The first-order valence-corrected chi connectivity index (χ1v) is 9.28. The normalized spacial score (nSPS) is 12.9. The maximum Gasteiger partial charge on any atom is 0.191 e. The van der Waals surface area contributed by atoms with Gasteiger partial charge in [-0.1, -0.05) is 13.0 Å².